The lowest BCUT2D eigenvalue weighted by molar-refractivity contribution is -0.118. The van der Waals surface area contributed by atoms with E-state index in [1.807, 2.05) is 0 Å². The van der Waals surface area contributed by atoms with Crippen molar-refractivity contribution in [1.29, 1.82) is 0 Å². The molecule has 0 fully saturated rings. The van der Waals surface area contributed by atoms with Gasteiger partial charge in [-0.15, -0.1) is 0 Å². The van der Waals surface area contributed by atoms with Crippen molar-refractivity contribution in [1.82, 2.24) is 15.3 Å². The number of rotatable bonds is 6. The molecule has 2 heterocycles. The summed E-state index contributed by atoms with van der Waals surface area (Å²) in [5.74, 6) is 0.471. The quantitative estimate of drug-likeness (QED) is 0.549. The van der Waals surface area contributed by atoms with E-state index in [1.165, 1.54) is 23.9 Å². The van der Waals surface area contributed by atoms with Gasteiger partial charge < -0.3 is 9.73 Å². The van der Waals surface area contributed by atoms with Crippen LogP contribution in [0, 0.1) is 5.82 Å². The van der Waals surface area contributed by atoms with Crippen molar-refractivity contribution < 1.29 is 13.6 Å². The summed E-state index contributed by atoms with van der Waals surface area (Å²) in [7, 11) is 0. The van der Waals surface area contributed by atoms with E-state index in [0.29, 0.717) is 23.2 Å². The van der Waals surface area contributed by atoms with Gasteiger partial charge in [-0.25, -0.2) is 14.4 Å². The Labute approximate surface area is 142 Å². The number of thioether (sulfide) groups is 1. The van der Waals surface area contributed by atoms with Crippen LogP contribution in [0.25, 0.3) is 11.3 Å². The minimum atomic E-state index is -0.296. The van der Waals surface area contributed by atoms with Crippen molar-refractivity contribution in [3.05, 3.63) is 66.5 Å². The number of aromatic nitrogens is 2. The van der Waals surface area contributed by atoms with Crippen LogP contribution in [0.15, 0.2) is 64.5 Å². The number of nitrogens with one attached hydrogen (secondary N) is 1. The first-order valence-corrected chi connectivity index (χ1v) is 8.20. The minimum Gasteiger partial charge on any atom is -0.467 e. The summed E-state index contributed by atoms with van der Waals surface area (Å²) in [6.45, 7) is 0.350. The number of carbonyl (C=O) groups excluding carboxylic acids is 1. The standard InChI is InChI=1S/C17H14FN3O2S/c18-13-5-3-12(4-6-13)15-7-8-19-17(21-15)24-11-16(22)20-10-14-2-1-9-23-14/h1-9H,10-11H2,(H,20,22). The summed E-state index contributed by atoms with van der Waals surface area (Å²) in [5, 5.41) is 3.25. The number of halogens is 1. The molecule has 2 aromatic heterocycles. The summed E-state index contributed by atoms with van der Waals surface area (Å²) < 4.78 is 18.1. The molecule has 1 amide bonds. The summed E-state index contributed by atoms with van der Waals surface area (Å²) in [4.78, 5) is 20.4. The predicted octanol–water partition coefficient (Wildman–Crippen LogP) is 3.28. The molecule has 0 aliphatic heterocycles. The molecule has 0 aliphatic rings. The van der Waals surface area contributed by atoms with Gasteiger partial charge in [0.05, 0.1) is 24.3 Å². The fourth-order valence-electron chi connectivity index (χ4n) is 1.97. The van der Waals surface area contributed by atoms with Gasteiger partial charge in [0.2, 0.25) is 5.91 Å². The summed E-state index contributed by atoms with van der Waals surface area (Å²) in [6, 6.07) is 11.4. The molecule has 0 unspecified atom stereocenters. The molecule has 1 N–H and O–H groups in total. The first kappa shape index (κ1) is 16.2. The van der Waals surface area contributed by atoms with Crippen molar-refractivity contribution in [2.75, 3.05) is 5.75 Å². The zero-order valence-corrected chi connectivity index (χ0v) is 13.4. The molecule has 0 atom stereocenters. The topological polar surface area (TPSA) is 68.0 Å². The number of carbonyl (C=O) groups is 1. The van der Waals surface area contributed by atoms with Crippen molar-refractivity contribution >= 4 is 17.7 Å². The van der Waals surface area contributed by atoms with E-state index < -0.39 is 0 Å². The molecule has 0 bridgehead atoms. The van der Waals surface area contributed by atoms with Crippen LogP contribution in [0.4, 0.5) is 4.39 Å². The van der Waals surface area contributed by atoms with Crippen LogP contribution < -0.4 is 5.32 Å². The molecular formula is C17H14FN3O2S. The van der Waals surface area contributed by atoms with Crippen LogP contribution in [-0.4, -0.2) is 21.6 Å². The van der Waals surface area contributed by atoms with E-state index in [0.717, 1.165) is 5.56 Å². The normalized spacial score (nSPS) is 10.5. The van der Waals surface area contributed by atoms with Crippen molar-refractivity contribution in [2.24, 2.45) is 0 Å². The maximum atomic E-state index is 13.0. The van der Waals surface area contributed by atoms with Gasteiger partial charge in [0.1, 0.15) is 11.6 Å². The van der Waals surface area contributed by atoms with Gasteiger partial charge >= 0.3 is 0 Å². The third kappa shape index (κ3) is 4.42. The molecule has 122 valence electrons. The van der Waals surface area contributed by atoms with Gasteiger partial charge in [-0.1, -0.05) is 11.8 Å². The summed E-state index contributed by atoms with van der Waals surface area (Å²) in [6.07, 6.45) is 3.18. The first-order chi connectivity index (χ1) is 11.7. The molecule has 3 aromatic rings. The molecule has 7 heteroatoms. The van der Waals surface area contributed by atoms with Gasteiger partial charge in [-0.2, -0.15) is 0 Å². The minimum absolute atomic E-state index is 0.132. The van der Waals surface area contributed by atoms with Crippen molar-refractivity contribution in [3.63, 3.8) is 0 Å². The highest BCUT2D eigenvalue weighted by Gasteiger charge is 2.07. The highest BCUT2D eigenvalue weighted by Crippen LogP contribution is 2.20. The largest absolute Gasteiger partial charge is 0.467 e. The molecule has 1 aromatic carbocycles. The fourth-order valence-corrected chi connectivity index (χ4v) is 2.63. The molecule has 5 nitrogen and oxygen atoms in total. The lowest BCUT2D eigenvalue weighted by Gasteiger charge is -2.05. The zero-order chi connectivity index (χ0) is 16.8. The van der Waals surface area contributed by atoms with E-state index in [9.17, 15) is 9.18 Å². The number of hydrogen-bond acceptors (Lipinski definition) is 5. The number of benzene rings is 1. The van der Waals surface area contributed by atoms with Crippen molar-refractivity contribution in [2.45, 2.75) is 11.7 Å². The van der Waals surface area contributed by atoms with Crippen LogP contribution in [0.3, 0.4) is 0 Å². The number of nitrogens with zero attached hydrogens (tertiary/aromatic N) is 2. The monoisotopic (exact) mass is 343 g/mol. The third-order valence-corrected chi connectivity index (χ3v) is 4.01. The van der Waals surface area contributed by atoms with Crippen LogP contribution in [0.5, 0.6) is 0 Å². The zero-order valence-electron chi connectivity index (χ0n) is 12.6. The van der Waals surface area contributed by atoms with Gasteiger partial charge in [-0.05, 0) is 42.5 Å². The summed E-state index contributed by atoms with van der Waals surface area (Å²) in [5.41, 5.74) is 1.48. The molecule has 0 spiro atoms. The number of hydrogen-bond donors (Lipinski definition) is 1. The van der Waals surface area contributed by atoms with Crippen LogP contribution >= 0.6 is 11.8 Å². The summed E-state index contributed by atoms with van der Waals surface area (Å²) >= 11 is 1.24. The molecule has 0 radical (unpaired) electrons. The second-order valence-corrected chi connectivity index (χ2v) is 5.82. The highest BCUT2D eigenvalue weighted by atomic mass is 32.2. The Bertz CT molecular complexity index is 807. The third-order valence-electron chi connectivity index (χ3n) is 3.15. The SMILES string of the molecule is O=C(CSc1nccc(-c2ccc(F)cc2)n1)NCc1ccco1. The van der Waals surface area contributed by atoms with E-state index >= 15 is 0 Å². The van der Waals surface area contributed by atoms with Gasteiger partial charge in [0.25, 0.3) is 0 Å². The average molecular weight is 343 g/mol. The first-order valence-electron chi connectivity index (χ1n) is 7.21. The fraction of sp³-hybridized carbons (Fsp3) is 0.118. The molecule has 0 saturated carbocycles. The smallest absolute Gasteiger partial charge is 0.230 e. The molecule has 24 heavy (non-hydrogen) atoms. The second-order valence-electron chi connectivity index (χ2n) is 4.88. The van der Waals surface area contributed by atoms with Crippen LogP contribution in [0.1, 0.15) is 5.76 Å². The number of amides is 1. The molecule has 3 rings (SSSR count). The molecule has 0 saturated heterocycles. The maximum Gasteiger partial charge on any atom is 0.230 e. The van der Waals surface area contributed by atoms with Gasteiger partial charge in [0.15, 0.2) is 5.16 Å². The van der Waals surface area contributed by atoms with Gasteiger partial charge in [-0.3, -0.25) is 4.79 Å². The second kappa shape index (κ2) is 7.74. The highest BCUT2D eigenvalue weighted by molar-refractivity contribution is 7.99. The lowest BCUT2D eigenvalue weighted by Crippen LogP contribution is -2.24. The van der Waals surface area contributed by atoms with Crippen molar-refractivity contribution in [3.8, 4) is 11.3 Å². The maximum absolute atomic E-state index is 13.0. The Hall–Kier alpha value is -2.67. The van der Waals surface area contributed by atoms with Gasteiger partial charge in [0, 0.05) is 11.8 Å². The molecule has 0 aliphatic carbocycles. The Morgan fingerprint density at radius 2 is 2.04 bits per heavy atom. The lowest BCUT2D eigenvalue weighted by atomic mass is 10.1. The van der Waals surface area contributed by atoms with Crippen LogP contribution in [0.2, 0.25) is 0 Å². The predicted molar refractivity (Wildman–Crippen MR) is 88.7 cm³/mol. The Morgan fingerprint density at radius 1 is 1.21 bits per heavy atom. The average Bonchev–Trinajstić information content (AvgIpc) is 3.13. The molecular weight excluding hydrogens is 329 g/mol. The Kier molecular flexibility index (Phi) is 5.22. The van der Waals surface area contributed by atoms with Crippen LogP contribution in [-0.2, 0) is 11.3 Å². The Morgan fingerprint density at radius 3 is 2.79 bits per heavy atom. The Balaban J connectivity index is 1.56. The number of furan rings is 1. The van der Waals surface area contributed by atoms with E-state index in [1.54, 1.807) is 42.8 Å². The van der Waals surface area contributed by atoms with E-state index in [2.05, 4.69) is 15.3 Å². The van der Waals surface area contributed by atoms with E-state index in [4.69, 9.17) is 4.42 Å². The van der Waals surface area contributed by atoms with E-state index in [-0.39, 0.29) is 17.5 Å².